The highest BCUT2D eigenvalue weighted by molar-refractivity contribution is 5.44. The maximum absolute atomic E-state index is 8.81. The average molecular weight is 302 g/mol. The zero-order valence-corrected chi connectivity index (χ0v) is 15.2. The zero-order valence-electron chi connectivity index (χ0n) is 15.2. The van der Waals surface area contributed by atoms with Crippen LogP contribution in [-0.4, -0.2) is 41.0 Å². The van der Waals surface area contributed by atoms with Crippen molar-refractivity contribution in [3.8, 4) is 0 Å². The van der Waals surface area contributed by atoms with Crippen LogP contribution in [0, 0.1) is 6.92 Å². The van der Waals surface area contributed by atoms with Gasteiger partial charge in [-0.25, -0.2) is 0 Å². The number of methoxy groups -OCH3 is 2. The van der Waals surface area contributed by atoms with Crippen LogP contribution in [0.15, 0.2) is 30.3 Å². The van der Waals surface area contributed by atoms with Crippen molar-refractivity contribution in [2.24, 2.45) is 0 Å². The molecule has 21 heavy (non-hydrogen) atoms. The van der Waals surface area contributed by atoms with Gasteiger partial charge < -0.3 is 19.1 Å². The summed E-state index contributed by atoms with van der Waals surface area (Å²) in [4.78, 5) is 17.6. The number of carbonyl (C=O) groups is 2. The van der Waals surface area contributed by atoms with Gasteiger partial charge in [-0.3, -0.25) is 0 Å². The van der Waals surface area contributed by atoms with Gasteiger partial charge in [-0.1, -0.05) is 49.7 Å². The first-order chi connectivity index (χ1) is 10.1. The van der Waals surface area contributed by atoms with Crippen LogP contribution in [0.3, 0.4) is 0 Å². The molecule has 0 aliphatic carbocycles. The van der Waals surface area contributed by atoms with Crippen LogP contribution < -0.4 is 0 Å². The molecule has 4 nitrogen and oxygen atoms in total. The molecule has 1 aromatic rings. The fraction of sp³-hybridized carbons (Fsp3) is 0.529. The van der Waals surface area contributed by atoms with Crippen molar-refractivity contribution in [3.63, 3.8) is 0 Å². The molecule has 0 amide bonds. The lowest BCUT2D eigenvalue weighted by Crippen LogP contribution is -1.62. The topological polar surface area (TPSA) is 52.6 Å². The molecule has 0 saturated heterocycles. The number of carbonyl (C=O) groups excluding carboxylic acids is 2. The molecular formula is C17H34O4. The van der Waals surface area contributed by atoms with E-state index in [1.807, 2.05) is 32.0 Å². The summed E-state index contributed by atoms with van der Waals surface area (Å²) in [5, 5.41) is 0. The Bertz CT molecular complexity index is 228. The molecule has 0 bridgehead atoms. The van der Waals surface area contributed by atoms with E-state index < -0.39 is 0 Å². The second kappa shape index (κ2) is 51.4. The Hall–Kier alpha value is -1.52. The fourth-order valence-electron chi connectivity index (χ4n) is 0.534. The molecule has 0 aliphatic rings. The fourth-order valence-corrected chi connectivity index (χ4v) is 0.534. The van der Waals surface area contributed by atoms with E-state index >= 15 is 0 Å². The van der Waals surface area contributed by atoms with E-state index in [1.165, 1.54) is 19.4 Å². The van der Waals surface area contributed by atoms with Gasteiger partial charge in [0.15, 0.2) is 0 Å². The minimum absolute atomic E-state index is 0.750. The van der Waals surface area contributed by atoms with Crippen LogP contribution in [0.4, 0.5) is 0 Å². The van der Waals surface area contributed by atoms with Gasteiger partial charge in [0, 0.05) is 28.4 Å². The predicted octanol–water partition coefficient (Wildman–Crippen LogP) is 3.96. The third kappa shape index (κ3) is 120. The summed E-state index contributed by atoms with van der Waals surface area (Å²) in [6.45, 7) is 8.97. The summed E-state index contributed by atoms with van der Waals surface area (Å²) in [7, 11) is 6.50. The lowest BCUT2D eigenvalue weighted by atomic mass is 10.2. The summed E-state index contributed by atoms with van der Waals surface area (Å²) in [5.74, 6) is 0. The van der Waals surface area contributed by atoms with E-state index in [9.17, 15) is 0 Å². The maximum Gasteiger partial charge on any atom is 0.116 e. The van der Waals surface area contributed by atoms with Gasteiger partial charge >= 0.3 is 0 Å². The van der Waals surface area contributed by atoms with Gasteiger partial charge in [-0.2, -0.15) is 0 Å². The first-order valence-corrected chi connectivity index (χ1v) is 6.67. The van der Waals surface area contributed by atoms with Gasteiger partial charge in [0.05, 0.1) is 0 Å². The van der Waals surface area contributed by atoms with Gasteiger partial charge in [0.2, 0.25) is 0 Å². The van der Waals surface area contributed by atoms with Crippen LogP contribution >= 0.6 is 0 Å². The van der Waals surface area contributed by atoms with Gasteiger partial charge in [0.25, 0.3) is 0 Å². The number of hydrogen-bond acceptors (Lipinski definition) is 4. The molecule has 0 N–H and O–H groups in total. The zero-order chi connectivity index (χ0) is 17.9. The highest BCUT2D eigenvalue weighted by Gasteiger charge is 1.72. The van der Waals surface area contributed by atoms with Crippen LogP contribution in [0.25, 0.3) is 0 Å². The lowest BCUT2D eigenvalue weighted by molar-refractivity contribution is -0.106. The Balaban J connectivity index is -0.0000000532. The van der Waals surface area contributed by atoms with E-state index in [2.05, 4.69) is 28.5 Å². The number of aryl methyl sites for hydroxylation is 1. The molecule has 0 fully saturated rings. The van der Waals surface area contributed by atoms with Crippen LogP contribution in [-0.2, 0) is 19.1 Å². The molecule has 0 atom stereocenters. The first kappa shape index (κ1) is 31.7. The summed E-state index contributed by atoms with van der Waals surface area (Å²) in [6.07, 6.45) is 1.50. The van der Waals surface area contributed by atoms with Crippen LogP contribution in [0.1, 0.15) is 33.3 Å². The number of aldehydes is 2. The van der Waals surface area contributed by atoms with Crippen molar-refractivity contribution in [1.29, 1.82) is 0 Å². The van der Waals surface area contributed by atoms with Crippen molar-refractivity contribution in [2.45, 2.75) is 34.6 Å². The van der Waals surface area contributed by atoms with Gasteiger partial charge in [-0.15, -0.1) is 0 Å². The molecular weight excluding hydrogens is 268 g/mol. The number of ether oxygens (including phenoxy) is 2. The second-order valence-corrected chi connectivity index (χ2v) is 2.94. The molecule has 1 rings (SSSR count). The van der Waals surface area contributed by atoms with Crippen LogP contribution in [0.5, 0.6) is 0 Å². The van der Waals surface area contributed by atoms with Crippen LogP contribution in [0.2, 0.25) is 0 Å². The molecule has 0 spiro atoms. The van der Waals surface area contributed by atoms with E-state index in [0.29, 0.717) is 0 Å². The number of benzene rings is 1. The SMILES string of the molecule is CC.CC=O.CC=O.COC.COC.Cc1ccccc1. The Kier molecular flexibility index (Phi) is 77.7. The molecule has 0 saturated carbocycles. The molecule has 1 aromatic carbocycles. The highest BCUT2D eigenvalue weighted by atomic mass is 16.5. The number of rotatable bonds is 0. The highest BCUT2D eigenvalue weighted by Crippen LogP contribution is 1.92. The molecule has 0 heterocycles. The van der Waals surface area contributed by atoms with E-state index in [4.69, 9.17) is 9.59 Å². The minimum Gasteiger partial charge on any atom is -0.388 e. The monoisotopic (exact) mass is 302 g/mol. The molecule has 126 valence electrons. The maximum atomic E-state index is 8.81. The summed E-state index contributed by atoms with van der Waals surface area (Å²) in [6, 6.07) is 10.3. The Morgan fingerprint density at radius 2 is 0.952 bits per heavy atom. The summed E-state index contributed by atoms with van der Waals surface area (Å²) >= 11 is 0. The third-order valence-corrected chi connectivity index (χ3v) is 0.940. The van der Waals surface area contributed by atoms with Crippen molar-refractivity contribution in [3.05, 3.63) is 35.9 Å². The largest absolute Gasteiger partial charge is 0.388 e. The number of hydrogen-bond donors (Lipinski definition) is 0. The quantitative estimate of drug-likeness (QED) is 0.681. The van der Waals surface area contributed by atoms with E-state index in [-0.39, 0.29) is 0 Å². The Labute approximate surface area is 131 Å². The van der Waals surface area contributed by atoms with Crippen molar-refractivity contribution >= 4 is 12.6 Å². The second-order valence-electron chi connectivity index (χ2n) is 2.94. The van der Waals surface area contributed by atoms with E-state index in [1.54, 1.807) is 28.4 Å². The van der Waals surface area contributed by atoms with Gasteiger partial charge in [-0.05, 0) is 20.8 Å². The van der Waals surface area contributed by atoms with Gasteiger partial charge in [0.1, 0.15) is 12.6 Å². The predicted molar refractivity (Wildman–Crippen MR) is 91.9 cm³/mol. The standard InChI is InChI=1S/C7H8.2C2H6O.2C2H4O.C2H6/c1-7-5-3-2-4-6-7;2*1-3-2;2*1-2-3;1-2/h2-6H,1H3;2*1-2H3;2*2H,1H3;1-2H3. The molecule has 0 aromatic heterocycles. The Morgan fingerprint density at radius 3 is 1.05 bits per heavy atom. The first-order valence-electron chi connectivity index (χ1n) is 6.67. The normalized spacial score (nSPS) is 6.14. The molecule has 4 heteroatoms. The summed E-state index contributed by atoms with van der Waals surface area (Å²) < 4.78 is 8.50. The van der Waals surface area contributed by atoms with Crippen molar-refractivity contribution < 1.29 is 19.1 Å². The van der Waals surface area contributed by atoms with Crippen molar-refractivity contribution in [2.75, 3.05) is 28.4 Å². The lowest BCUT2D eigenvalue weighted by Gasteiger charge is -1.82. The van der Waals surface area contributed by atoms with Crippen molar-refractivity contribution in [1.82, 2.24) is 0 Å². The molecule has 0 aliphatic heterocycles. The molecule has 0 radical (unpaired) electrons. The smallest absolute Gasteiger partial charge is 0.116 e. The Morgan fingerprint density at radius 1 is 0.762 bits per heavy atom. The molecule has 0 unspecified atom stereocenters. The third-order valence-electron chi connectivity index (χ3n) is 0.940. The van der Waals surface area contributed by atoms with E-state index in [0.717, 1.165) is 12.6 Å². The minimum atomic E-state index is 0.750. The average Bonchev–Trinajstić information content (AvgIpc) is 2.45. The summed E-state index contributed by atoms with van der Waals surface area (Å²) in [5.41, 5.74) is 1.32.